The predicted octanol–water partition coefficient (Wildman–Crippen LogP) is 4.86. The second kappa shape index (κ2) is 7.44. The van der Waals surface area contributed by atoms with Crippen LogP contribution in [0, 0.1) is 5.92 Å². The second-order valence-corrected chi connectivity index (χ2v) is 9.42. The van der Waals surface area contributed by atoms with Gasteiger partial charge in [0.2, 0.25) is 0 Å². The number of allylic oxidation sites excluding steroid dienone is 2. The maximum atomic E-state index is 12.4. The summed E-state index contributed by atoms with van der Waals surface area (Å²) in [6, 6.07) is 0. The molecule has 1 atom stereocenters. The van der Waals surface area contributed by atoms with Crippen LogP contribution in [0.5, 0.6) is 0 Å². The van der Waals surface area contributed by atoms with Crippen molar-refractivity contribution >= 4 is 13.1 Å². The Morgan fingerprint density at radius 1 is 1.12 bits per heavy atom. The number of carbonyl (C=O) groups excluding carboxylic acids is 1. The van der Waals surface area contributed by atoms with Gasteiger partial charge in [0.15, 0.2) is 0 Å². The van der Waals surface area contributed by atoms with E-state index < -0.39 is 5.60 Å². The lowest BCUT2D eigenvalue weighted by Crippen LogP contribution is -2.41. The lowest BCUT2D eigenvalue weighted by molar-refractivity contribution is -0.160. The quantitative estimate of drug-likeness (QED) is 0.527. The van der Waals surface area contributed by atoms with Crippen LogP contribution in [-0.2, 0) is 18.8 Å². The molecule has 0 amide bonds. The number of hydrogen-bond acceptors (Lipinski definition) is 4. The molecule has 1 fully saturated rings. The summed E-state index contributed by atoms with van der Waals surface area (Å²) in [5, 5.41) is 0. The number of ether oxygens (including phenoxy) is 1. The zero-order valence-electron chi connectivity index (χ0n) is 17.1. The van der Waals surface area contributed by atoms with Gasteiger partial charge < -0.3 is 14.0 Å². The van der Waals surface area contributed by atoms with E-state index in [9.17, 15) is 4.79 Å². The van der Waals surface area contributed by atoms with Crippen molar-refractivity contribution in [1.29, 1.82) is 0 Å². The van der Waals surface area contributed by atoms with E-state index in [1.165, 1.54) is 5.47 Å². The lowest BCUT2D eigenvalue weighted by Gasteiger charge is -2.32. The summed E-state index contributed by atoms with van der Waals surface area (Å²) in [5.41, 5.74) is 0.191. The molecular formula is C20H35BO4. The smallest absolute Gasteiger partial charge is 0.460 e. The van der Waals surface area contributed by atoms with E-state index in [0.717, 1.165) is 38.5 Å². The molecule has 0 aromatic carbocycles. The van der Waals surface area contributed by atoms with Crippen molar-refractivity contribution < 1.29 is 18.8 Å². The first-order valence-electron chi connectivity index (χ1n) is 9.69. The Morgan fingerprint density at radius 2 is 1.68 bits per heavy atom. The SMILES string of the molecule is CC(C)(C)OC(=O)C1CCCC=C(B2OC(C)(C)C(C)(C)O2)CCC1. The summed E-state index contributed by atoms with van der Waals surface area (Å²) >= 11 is 0. The average Bonchev–Trinajstić information content (AvgIpc) is 2.72. The average molecular weight is 350 g/mol. The normalized spacial score (nSPS) is 27.1. The molecule has 2 aliphatic rings. The number of carbonyl (C=O) groups is 1. The largest absolute Gasteiger partial charge is 0.490 e. The maximum absolute atomic E-state index is 12.4. The van der Waals surface area contributed by atoms with E-state index in [2.05, 4.69) is 33.8 Å². The van der Waals surface area contributed by atoms with Gasteiger partial charge in [0.1, 0.15) is 5.60 Å². The minimum absolute atomic E-state index is 0.00488. The number of rotatable bonds is 2. The first kappa shape index (κ1) is 20.5. The molecular weight excluding hydrogens is 315 g/mol. The summed E-state index contributed by atoms with van der Waals surface area (Å²) < 4.78 is 18.0. The lowest BCUT2D eigenvalue weighted by atomic mass is 9.74. The van der Waals surface area contributed by atoms with Gasteiger partial charge in [-0.15, -0.1) is 0 Å². The molecule has 0 spiro atoms. The third kappa shape index (κ3) is 5.33. The zero-order valence-corrected chi connectivity index (χ0v) is 17.1. The van der Waals surface area contributed by atoms with Crippen LogP contribution in [0.2, 0.25) is 0 Å². The minimum atomic E-state index is -0.415. The molecule has 142 valence electrons. The van der Waals surface area contributed by atoms with Gasteiger partial charge in [-0.3, -0.25) is 4.79 Å². The molecule has 1 unspecified atom stereocenters. The van der Waals surface area contributed by atoms with Gasteiger partial charge in [0, 0.05) is 0 Å². The Labute approximate surface area is 153 Å². The van der Waals surface area contributed by atoms with Gasteiger partial charge in [-0.05, 0) is 92.5 Å². The molecule has 2 rings (SSSR count). The highest BCUT2D eigenvalue weighted by Crippen LogP contribution is 2.40. The summed E-state index contributed by atoms with van der Waals surface area (Å²) in [5.74, 6) is -0.0446. The molecule has 0 N–H and O–H groups in total. The highest BCUT2D eigenvalue weighted by Gasteiger charge is 2.52. The molecule has 4 nitrogen and oxygen atoms in total. The molecule has 1 aliphatic heterocycles. The third-order valence-electron chi connectivity index (χ3n) is 5.48. The molecule has 5 heteroatoms. The van der Waals surface area contributed by atoms with Crippen molar-refractivity contribution in [3.05, 3.63) is 11.5 Å². The van der Waals surface area contributed by atoms with E-state index in [4.69, 9.17) is 14.0 Å². The van der Waals surface area contributed by atoms with Crippen LogP contribution in [0.25, 0.3) is 0 Å². The van der Waals surface area contributed by atoms with Crippen LogP contribution in [0.15, 0.2) is 11.5 Å². The number of hydrogen-bond donors (Lipinski definition) is 0. The van der Waals surface area contributed by atoms with Crippen molar-refractivity contribution in [2.75, 3.05) is 0 Å². The molecule has 0 aromatic rings. The van der Waals surface area contributed by atoms with Crippen molar-refractivity contribution in [2.45, 2.75) is 104 Å². The molecule has 0 bridgehead atoms. The molecule has 1 aliphatic carbocycles. The second-order valence-electron chi connectivity index (χ2n) is 9.42. The monoisotopic (exact) mass is 350 g/mol. The van der Waals surface area contributed by atoms with Crippen molar-refractivity contribution in [1.82, 2.24) is 0 Å². The van der Waals surface area contributed by atoms with E-state index in [1.54, 1.807) is 0 Å². The highest BCUT2D eigenvalue weighted by atomic mass is 16.7. The molecule has 1 heterocycles. The van der Waals surface area contributed by atoms with Gasteiger partial charge in [0.05, 0.1) is 17.1 Å². The van der Waals surface area contributed by atoms with Crippen LogP contribution in [0.4, 0.5) is 0 Å². The van der Waals surface area contributed by atoms with Crippen LogP contribution in [-0.4, -0.2) is 29.9 Å². The molecule has 0 radical (unpaired) electrons. The van der Waals surface area contributed by atoms with E-state index in [1.807, 2.05) is 20.8 Å². The fourth-order valence-electron chi connectivity index (χ4n) is 3.28. The molecule has 0 saturated carbocycles. The summed E-state index contributed by atoms with van der Waals surface area (Å²) in [6.45, 7) is 14.1. The van der Waals surface area contributed by atoms with Gasteiger partial charge in [-0.25, -0.2) is 0 Å². The van der Waals surface area contributed by atoms with Crippen LogP contribution in [0.1, 0.15) is 87.0 Å². The van der Waals surface area contributed by atoms with Crippen LogP contribution < -0.4 is 0 Å². The fraction of sp³-hybridized carbons (Fsp3) is 0.850. The summed E-state index contributed by atoms with van der Waals surface area (Å²) in [6.07, 6.45) is 7.84. The highest BCUT2D eigenvalue weighted by molar-refractivity contribution is 6.54. The Balaban J connectivity index is 1.97. The van der Waals surface area contributed by atoms with Crippen molar-refractivity contribution in [3.63, 3.8) is 0 Å². The topological polar surface area (TPSA) is 44.8 Å². The third-order valence-corrected chi connectivity index (χ3v) is 5.48. The van der Waals surface area contributed by atoms with E-state index in [0.29, 0.717) is 0 Å². The minimum Gasteiger partial charge on any atom is -0.460 e. The fourth-order valence-corrected chi connectivity index (χ4v) is 3.28. The molecule has 1 saturated heterocycles. The van der Waals surface area contributed by atoms with Crippen molar-refractivity contribution in [2.24, 2.45) is 5.92 Å². The number of esters is 1. The first-order valence-corrected chi connectivity index (χ1v) is 9.69. The van der Waals surface area contributed by atoms with Crippen molar-refractivity contribution in [3.8, 4) is 0 Å². The van der Waals surface area contributed by atoms with Crippen LogP contribution in [0.3, 0.4) is 0 Å². The van der Waals surface area contributed by atoms with Crippen LogP contribution >= 0.6 is 0 Å². The van der Waals surface area contributed by atoms with Gasteiger partial charge in [-0.1, -0.05) is 6.08 Å². The zero-order chi connectivity index (χ0) is 18.9. The van der Waals surface area contributed by atoms with Gasteiger partial charge in [0.25, 0.3) is 0 Å². The Hall–Kier alpha value is -0.805. The predicted molar refractivity (Wildman–Crippen MR) is 101 cm³/mol. The molecule has 0 aromatic heterocycles. The summed E-state index contributed by atoms with van der Waals surface area (Å²) in [4.78, 5) is 12.4. The Kier molecular flexibility index (Phi) is 6.10. The summed E-state index contributed by atoms with van der Waals surface area (Å²) in [7, 11) is -0.261. The Morgan fingerprint density at radius 3 is 2.24 bits per heavy atom. The first-order chi connectivity index (χ1) is 11.4. The Bertz CT molecular complexity index is 500. The van der Waals surface area contributed by atoms with Gasteiger partial charge >= 0.3 is 13.1 Å². The molecule has 25 heavy (non-hydrogen) atoms. The standard InChI is InChI=1S/C20H35BO4/c1-18(2,3)23-17(22)15-11-8-9-13-16(14-10-12-15)21-24-19(4,5)20(6,7)25-21/h13,15H,8-12,14H2,1-7H3. The van der Waals surface area contributed by atoms with Gasteiger partial charge in [-0.2, -0.15) is 0 Å². The van der Waals surface area contributed by atoms with E-state index in [-0.39, 0.29) is 30.2 Å². The van der Waals surface area contributed by atoms with E-state index >= 15 is 0 Å². The maximum Gasteiger partial charge on any atom is 0.490 e.